The molecule has 1 aliphatic heterocycles. The van der Waals surface area contributed by atoms with Crippen LogP contribution in [0.1, 0.15) is 38.5 Å². The summed E-state index contributed by atoms with van der Waals surface area (Å²) in [5.74, 6) is 1.78. The first-order valence-electron chi connectivity index (χ1n) is 8.51. The largest absolute Gasteiger partial charge is 0.370 e. The minimum Gasteiger partial charge on any atom is -0.370 e. The lowest BCUT2D eigenvalue weighted by Crippen LogP contribution is -2.43. The van der Waals surface area contributed by atoms with Crippen LogP contribution in [-0.2, 0) is 4.79 Å². The Bertz CT molecular complexity index is 465. The normalized spacial score (nSPS) is 27.2. The number of hydrogen-bond donors (Lipinski definition) is 3. The van der Waals surface area contributed by atoms with Gasteiger partial charge in [-0.15, -0.1) is 0 Å². The molecule has 3 atom stereocenters. The van der Waals surface area contributed by atoms with E-state index in [-0.39, 0.29) is 11.9 Å². The molecule has 1 aromatic rings. The van der Waals surface area contributed by atoms with Gasteiger partial charge in [0.2, 0.25) is 5.91 Å². The van der Waals surface area contributed by atoms with Crippen molar-refractivity contribution in [2.24, 2.45) is 5.92 Å². The fourth-order valence-corrected chi connectivity index (χ4v) is 3.63. The molecule has 1 aromatic heterocycles. The van der Waals surface area contributed by atoms with Crippen LogP contribution in [-0.4, -0.2) is 36.1 Å². The summed E-state index contributed by atoms with van der Waals surface area (Å²) in [7, 11) is 0. The summed E-state index contributed by atoms with van der Waals surface area (Å²) in [4.78, 5) is 16.4. The van der Waals surface area contributed by atoms with Gasteiger partial charge in [0, 0.05) is 25.3 Å². The highest BCUT2D eigenvalue weighted by Gasteiger charge is 2.37. The van der Waals surface area contributed by atoms with Crippen molar-refractivity contribution in [2.45, 2.75) is 50.6 Å². The first-order chi connectivity index (χ1) is 10.8. The number of pyridine rings is 1. The highest BCUT2D eigenvalue weighted by atomic mass is 16.2. The topological polar surface area (TPSA) is 66.0 Å². The van der Waals surface area contributed by atoms with E-state index in [1.165, 1.54) is 25.7 Å². The first-order valence-corrected chi connectivity index (χ1v) is 8.51. The Hall–Kier alpha value is -1.62. The smallest absolute Gasteiger partial charge is 0.237 e. The Labute approximate surface area is 132 Å². The minimum absolute atomic E-state index is 0.0249. The van der Waals surface area contributed by atoms with Gasteiger partial charge < -0.3 is 16.0 Å². The van der Waals surface area contributed by atoms with E-state index in [2.05, 4.69) is 20.9 Å². The summed E-state index contributed by atoms with van der Waals surface area (Å²) in [6.07, 6.45) is 8.86. The molecule has 5 nitrogen and oxygen atoms in total. The Balaban J connectivity index is 1.31. The van der Waals surface area contributed by atoms with Crippen molar-refractivity contribution in [1.29, 1.82) is 0 Å². The van der Waals surface area contributed by atoms with Crippen molar-refractivity contribution in [2.75, 3.05) is 18.4 Å². The lowest BCUT2D eigenvalue weighted by molar-refractivity contribution is -0.122. The average molecular weight is 302 g/mol. The summed E-state index contributed by atoms with van der Waals surface area (Å²) in [5.41, 5.74) is 0. The minimum atomic E-state index is 0.0249. The van der Waals surface area contributed by atoms with Crippen molar-refractivity contribution < 1.29 is 4.79 Å². The monoisotopic (exact) mass is 302 g/mol. The Morgan fingerprint density at radius 1 is 1.27 bits per heavy atom. The lowest BCUT2D eigenvalue weighted by atomic mass is 9.85. The van der Waals surface area contributed by atoms with Crippen LogP contribution in [0.4, 0.5) is 5.82 Å². The molecule has 1 amide bonds. The van der Waals surface area contributed by atoms with Gasteiger partial charge >= 0.3 is 0 Å². The molecule has 0 bridgehead atoms. The predicted molar refractivity (Wildman–Crippen MR) is 87.6 cm³/mol. The van der Waals surface area contributed by atoms with Gasteiger partial charge in [0.15, 0.2) is 0 Å². The molecular weight excluding hydrogens is 276 g/mol. The molecule has 3 rings (SSSR count). The Morgan fingerprint density at radius 3 is 3.00 bits per heavy atom. The van der Waals surface area contributed by atoms with Gasteiger partial charge in [-0.3, -0.25) is 4.79 Å². The molecule has 120 valence electrons. The molecule has 1 aliphatic carbocycles. The highest BCUT2D eigenvalue weighted by Crippen LogP contribution is 2.33. The van der Waals surface area contributed by atoms with Gasteiger partial charge in [-0.25, -0.2) is 4.98 Å². The fraction of sp³-hybridized carbons (Fsp3) is 0.647. The molecule has 1 saturated carbocycles. The summed E-state index contributed by atoms with van der Waals surface area (Å²) < 4.78 is 0. The maximum absolute atomic E-state index is 12.2. The highest BCUT2D eigenvalue weighted by molar-refractivity contribution is 5.82. The van der Waals surface area contributed by atoms with E-state index in [0.29, 0.717) is 12.6 Å². The van der Waals surface area contributed by atoms with Gasteiger partial charge in [-0.2, -0.15) is 0 Å². The zero-order chi connectivity index (χ0) is 15.2. The Morgan fingerprint density at radius 2 is 2.18 bits per heavy atom. The van der Waals surface area contributed by atoms with Crippen LogP contribution in [0.25, 0.3) is 0 Å². The van der Waals surface area contributed by atoms with Crippen LogP contribution in [0.15, 0.2) is 24.4 Å². The van der Waals surface area contributed by atoms with Gasteiger partial charge in [0.25, 0.3) is 0 Å². The fourth-order valence-electron chi connectivity index (χ4n) is 3.63. The van der Waals surface area contributed by atoms with Crippen molar-refractivity contribution in [3.63, 3.8) is 0 Å². The van der Waals surface area contributed by atoms with Gasteiger partial charge in [0.05, 0.1) is 6.04 Å². The van der Waals surface area contributed by atoms with E-state index in [0.717, 1.165) is 31.1 Å². The number of rotatable bonds is 6. The number of anilines is 1. The van der Waals surface area contributed by atoms with Crippen molar-refractivity contribution in [1.82, 2.24) is 15.6 Å². The molecule has 2 aliphatic rings. The van der Waals surface area contributed by atoms with E-state index in [9.17, 15) is 4.79 Å². The molecule has 0 radical (unpaired) electrons. The number of nitrogens with one attached hydrogen (secondary N) is 3. The van der Waals surface area contributed by atoms with Gasteiger partial charge in [-0.1, -0.05) is 18.9 Å². The molecule has 0 aromatic carbocycles. The summed E-state index contributed by atoms with van der Waals surface area (Å²) in [6, 6.07) is 6.41. The van der Waals surface area contributed by atoms with Gasteiger partial charge in [-0.05, 0) is 43.7 Å². The quantitative estimate of drug-likeness (QED) is 0.702. The molecule has 5 heteroatoms. The second-order valence-corrected chi connectivity index (χ2v) is 6.39. The molecule has 3 unspecified atom stereocenters. The third-order valence-corrected chi connectivity index (χ3v) is 4.80. The first kappa shape index (κ1) is 15.3. The lowest BCUT2D eigenvalue weighted by Gasteiger charge is -2.24. The molecule has 22 heavy (non-hydrogen) atoms. The number of nitrogens with zero attached hydrogens (tertiary/aromatic N) is 1. The van der Waals surface area contributed by atoms with Crippen molar-refractivity contribution in [3.05, 3.63) is 24.4 Å². The third-order valence-electron chi connectivity index (χ3n) is 4.80. The molecule has 1 saturated heterocycles. The second kappa shape index (κ2) is 7.58. The van der Waals surface area contributed by atoms with E-state index >= 15 is 0 Å². The SMILES string of the molecule is O=C(NCCCNc1ccccn1)C1CC2CCCCC2N1. The maximum atomic E-state index is 12.2. The second-order valence-electron chi connectivity index (χ2n) is 6.39. The van der Waals surface area contributed by atoms with Crippen molar-refractivity contribution >= 4 is 11.7 Å². The van der Waals surface area contributed by atoms with Crippen LogP contribution >= 0.6 is 0 Å². The zero-order valence-corrected chi connectivity index (χ0v) is 13.1. The van der Waals surface area contributed by atoms with Crippen LogP contribution in [0.5, 0.6) is 0 Å². The summed E-state index contributed by atoms with van der Waals surface area (Å²) >= 11 is 0. The molecule has 2 fully saturated rings. The van der Waals surface area contributed by atoms with Crippen LogP contribution in [0, 0.1) is 5.92 Å². The van der Waals surface area contributed by atoms with Gasteiger partial charge in [0.1, 0.15) is 5.82 Å². The Kier molecular flexibility index (Phi) is 5.27. The summed E-state index contributed by atoms with van der Waals surface area (Å²) in [6.45, 7) is 1.53. The van der Waals surface area contributed by atoms with Crippen molar-refractivity contribution in [3.8, 4) is 0 Å². The van der Waals surface area contributed by atoms with E-state index in [1.54, 1.807) is 6.20 Å². The maximum Gasteiger partial charge on any atom is 0.237 e. The van der Waals surface area contributed by atoms with E-state index < -0.39 is 0 Å². The van der Waals surface area contributed by atoms with Crippen LogP contribution in [0.3, 0.4) is 0 Å². The van der Waals surface area contributed by atoms with E-state index in [4.69, 9.17) is 0 Å². The molecule has 2 heterocycles. The number of amides is 1. The third kappa shape index (κ3) is 3.97. The standard InChI is InChI=1S/C17H26N4O/c22-17(15-12-13-6-1-2-7-14(13)21-15)20-11-5-10-19-16-8-3-4-9-18-16/h3-4,8-9,13-15,21H,1-2,5-7,10-12H2,(H,18,19)(H,20,22). The number of hydrogen-bond acceptors (Lipinski definition) is 4. The predicted octanol–water partition coefficient (Wildman–Crippen LogP) is 1.92. The average Bonchev–Trinajstić information content (AvgIpc) is 2.99. The number of carbonyl (C=O) groups excluding carboxylic acids is 1. The molecular formula is C17H26N4O. The van der Waals surface area contributed by atoms with E-state index in [1.807, 2.05) is 18.2 Å². The number of carbonyl (C=O) groups is 1. The zero-order valence-electron chi connectivity index (χ0n) is 13.1. The molecule has 3 N–H and O–H groups in total. The number of aromatic nitrogens is 1. The molecule has 0 spiro atoms. The van der Waals surface area contributed by atoms with Crippen LogP contribution < -0.4 is 16.0 Å². The summed E-state index contributed by atoms with van der Waals surface area (Å²) in [5, 5.41) is 9.83. The van der Waals surface area contributed by atoms with Crippen LogP contribution in [0.2, 0.25) is 0 Å². The number of fused-ring (bicyclic) bond motifs is 1.